The topological polar surface area (TPSA) is 119 Å². The minimum absolute atomic E-state index is 0.0671. The van der Waals surface area contributed by atoms with Crippen molar-refractivity contribution in [2.45, 2.75) is 41.0 Å². The molecule has 1 aromatic heterocycles. The van der Waals surface area contributed by atoms with Gasteiger partial charge in [0.1, 0.15) is 17.5 Å². The Morgan fingerprint density at radius 2 is 1.95 bits per heavy atom. The minimum Gasteiger partial charge on any atom is -0.382 e. The fourth-order valence-corrected chi connectivity index (χ4v) is 0.595. The largest absolute Gasteiger partial charge is 0.382 e. The highest BCUT2D eigenvalue weighted by Gasteiger charge is 2.02. The molecule has 19 heavy (non-hydrogen) atoms. The van der Waals surface area contributed by atoms with Crippen LogP contribution >= 0.6 is 0 Å². The normalized spacial score (nSPS) is 9.63. The zero-order valence-corrected chi connectivity index (χ0v) is 12.1. The highest BCUT2D eigenvalue weighted by Crippen LogP contribution is 2.07. The van der Waals surface area contributed by atoms with E-state index in [9.17, 15) is 4.79 Å². The van der Waals surface area contributed by atoms with Crippen molar-refractivity contribution in [3.8, 4) is 12.1 Å². The highest BCUT2D eigenvalue weighted by molar-refractivity contribution is 5.80. The molecule has 0 fully saturated rings. The lowest BCUT2D eigenvalue weighted by Crippen LogP contribution is -2.01. The number of carbonyl (C=O) groups excluding carboxylic acids is 1. The maximum absolute atomic E-state index is 10.2. The maximum Gasteiger partial charge on any atom is 0.148 e. The molecule has 1 aromatic rings. The number of aromatic amines is 1. The molecule has 0 aromatic carbocycles. The monoisotopic (exact) mass is 263 g/mol. The summed E-state index contributed by atoms with van der Waals surface area (Å²) in [7, 11) is 0. The number of hydrogen-bond donors (Lipinski definition) is 2. The molecule has 0 bridgehead atoms. The van der Waals surface area contributed by atoms with Crippen molar-refractivity contribution in [1.82, 2.24) is 10.2 Å². The quantitative estimate of drug-likeness (QED) is 0.805. The lowest BCUT2D eigenvalue weighted by Gasteiger charge is -1.87. The highest BCUT2D eigenvalue weighted by atomic mass is 16.1. The van der Waals surface area contributed by atoms with Crippen LogP contribution in [0.5, 0.6) is 0 Å². The van der Waals surface area contributed by atoms with Crippen molar-refractivity contribution in [3.05, 3.63) is 11.3 Å². The van der Waals surface area contributed by atoms with Crippen LogP contribution in [0.1, 0.15) is 38.4 Å². The third-order valence-corrected chi connectivity index (χ3v) is 2.25. The van der Waals surface area contributed by atoms with Gasteiger partial charge in [-0.2, -0.15) is 15.6 Å². The van der Waals surface area contributed by atoms with Gasteiger partial charge in [0.05, 0.1) is 12.1 Å². The van der Waals surface area contributed by atoms with Gasteiger partial charge in [0.2, 0.25) is 0 Å². The Morgan fingerprint density at radius 1 is 1.47 bits per heavy atom. The molecule has 1 rings (SSSR count). The van der Waals surface area contributed by atoms with Gasteiger partial charge in [-0.05, 0) is 27.7 Å². The molecule has 0 radical (unpaired) electrons. The first kappa shape index (κ1) is 19.0. The summed E-state index contributed by atoms with van der Waals surface area (Å²) < 4.78 is 0. The van der Waals surface area contributed by atoms with E-state index in [1.807, 2.05) is 32.9 Å². The first-order valence-corrected chi connectivity index (χ1v) is 5.85. The maximum atomic E-state index is 10.2. The molecule has 0 aliphatic rings. The zero-order chi connectivity index (χ0) is 15.4. The molecular weight excluding hydrogens is 242 g/mol. The number of aromatic nitrogens is 2. The average molecular weight is 263 g/mol. The summed E-state index contributed by atoms with van der Waals surface area (Å²) in [6.07, 6.45) is 0.625. The number of nitriles is 2. The SMILES string of the molecule is CC(=O)C(C)C#N.CCC#N.Cc1[nH]nc(N)c1C. The molecule has 1 atom stereocenters. The van der Waals surface area contributed by atoms with Crippen molar-refractivity contribution >= 4 is 11.6 Å². The predicted octanol–water partition coefficient (Wildman–Crippen LogP) is 2.26. The molecule has 6 nitrogen and oxygen atoms in total. The van der Waals surface area contributed by atoms with E-state index in [1.165, 1.54) is 6.92 Å². The molecule has 104 valence electrons. The molecule has 1 heterocycles. The van der Waals surface area contributed by atoms with E-state index < -0.39 is 5.92 Å². The predicted molar refractivity (Wildman–Crippen MR) is 73.8 cm³/mol. The third-order valence-electron chi connectivity index (χ3n) is 2.25. The molecule has 0 saturated carbocycles. The molecule has 0 saturated heterocycles. The van der Waals surface area contributed by atoms with Crippen LogP contribution in [0.3, 0.4) is 0 Å². The van der Waals surface area contributed by atoms with E-state index in [-0.39, 0.29) is 5.78 Å². The first-order valence-electron chi connectivity index (χ1n) is 5.85. The lowest BCUT2D eigenvalue weighted by molar-refractivity contribution is -0.118. The molecule has 0 amide bonds. The number of H-pyrrole nitrogens is 1. The smallest absolute Gasteiger partial charge is 0.148 e. The Hall–Kier alpha value is -2.34. The number of anilines is 1. The number of carbonyl (C=O) groups is 1. The minimum atomic E-state index is -0.431. The van der Waals surface area contributed by atoms with Gasteiger partial charge in [0.25, 0.3) is 0 Å². The Labute approximate surface area is 114 Å². The number of nitrogens with one attached hydrogen (secondary N) is 1. The second-order valence-corrected chi connectivity index (χ2v) is 3.83. The van der Waals surface area contributed by atoms with Gasteiger partial charge in [-0.15, -0.1) is 0 Å². The van der Waals surface area contributed by atoms with Gasteiger partial charge in [-0.1, -0.05) is 6.92 Å². The molecular formula is C13H21N5O. The van der Waals surface area contributed by atoms with Crippen molar-refractivity contribution in [1.29, 1.82) is 10.5 Å². The molecule has 6 heteroatoms. The summed E-state index contributed by atoms with van der Waals surface area (Å²) in [6, 6.07) is 3.75. The zero-order valence-electron chi connectivity index (χ0n) is 12.1. The Bertz CT molecular complexity index is 445. The number of ketones is 1. The standard InChI is InChI=1S/C5H9N3.C5H7NO.C3H5N/c1-3-4(2)7-8-5(3)6;1-4(3-6)5(2)7;1-2-3-4/h1-2H3,(H3,6,7,8);4H,1-2H3;2H2,1H3. The summed E-state index contributed by atoms with van der Waals surface area (Å²) in [4.78, 5) is 10.2. The second-order valence-electron chi connectivity index (χ2n) is 3.83. The Kier molecular flexibility index (Phi) is 10.8. The number of rotatable bonds is 1. The van der Waals surface area contributed by atoms with E-state index in [1.54, 1.807) is 6.92 Å². The fraction of sp³-hybridized carbons (Fsp3) is 0.538. The summed E-state index contributed by atoms with van der Waals surface area (Å²) in [6.45, 7) is 8.70. The van der Waals surface area contributed by atoms with Crippen LogP contribution < -0.4 is 5.73 Å². The van der Waals surface area contributed by atoms with Gasteiger partial charge < -0.3 is 5.73 Å². The molecule has 1 unspecified atom stereocenters. The van der Waals surface area contributed by atoms with Crippen LogP contribution in [0, 0.1) is 42.4 Å². The molecule has 0 aliphatic heterocycles. The van der Waals surface area contributed by atoms with Gasteiger partial charge >= 0.3 is 0 Å². The van der Waals surface area contributed by atoms with Crippen molar-refractivity contribution in [2.24, 2.45) is 5.92 Å². The van der Waals surface area contributed by atoms with Crippen LogP contribution in [0.25, 0.3) is 0 Å². The van der Waals surface area contributed by atoms with Crippen LogP contribution in [0.4, 0.5) is 5.82 Å². The lowest BCUT2D eigenvalue weighted by atomic mass is 10.1. The molecule has 0 spiro atoms. The van der Waals surface area contributed by atoms with E-state index >= 15 is 0 Å². The average Bonchev–Trinajstić information content (AvgIpc) is 2.70. The van der Waals surface area contributed by atoms with Gasteiger partial charge in [-0.3, -0.25) is 9.89 Å². The number of nitrogen functional groups attached to an aromatic ring is 1. The summed E-state index contributed by atoms with van der Waals surface area (Å²) in [5, 5.41) is 22.2. The Balaban J connectivity index is 0. The summed E-state index contributed by atoms with van der Waals surface area (Å²) in [5.74, 6) is 0.102. The van der Waals surface area contributed by atoms with Gasteiger partial charge in [0, 0.05) is 17.7 Å². The number of Topliss-reactive ketones (excluding diaryl/α,β-unsaturated/α-hetero) is 1. The molecule has 0 aliphatic carbocycles. The van der Waals surface area contributed by atoms with Crippen LogP contribution in [-0.4, -0.2) is 16.0 Å². The first-order chi connectivity index (χ1) is 8.81. The number of aryl methyl sites for hydroxylation is 1. The van der Waals surface area contributed by atoms with Crippen LogP contribution in [-0.2, 0) is 4.79 Å². The van der Waals surface area contributed by atoms with Gasteiger partial charge in [0.15, 0.2) is 0 Å². The van der Waals surface area contributed by atoms with Crippen LogP contribution in [0.2, 0.25) is 0 Å². The van der Waals surface area contributed by atoms with E-state index in [2.05, 4.69) is 10.2 Å². The summed E-state index contributed by atoms with van der Waals surface area (Å²) >= 11 is 0. The van der Waals surface area contributed by atoms with Crippen molar-refractivity contribution in [2.75, 3.05) is 5.73 Å². The number of hydrogen-bond acceptors (Lipinski definition) is 5. The van der Waals surface area contributed by atoms with E-state index in [0.717, 1.165) is 11.3 Å². The molecule has 3 N–H and O–H groups in total. The van der Waals surface area contributed by atoms with E-state index in [0.29, 0.717) is 12.2 Å². The van der Waals surface area contributed by atoms with E-state index in [4.69, 9.17) is 16.3 Å². The van der Waals surface area contributed by atoms with Crippen LogP contribution in [0.15, 0.2) is 0 Å². The summed E-state index contributed by atoms with van der Waals surface area (Å²) in [5.41, 5.74) is 7.49. The fourth-order valence-electron chi connectivity index (χ4n) is 0.595. The van der Waals surface area contributed by atoms with Crippen molar-refractivity contribution in [3.63, 3.8) is 0 Å². The third kappa shape index (κ3) is 9.37. The van der Waals surface area contributed by atoms with Crippen molar-refractivity contribution < 1.29 is 4.79 Å². The Morgan fingerprint density at radius 3 is 2.00 bits per heavy atom. The number of nitrogens with zero attached hydrogens (tertiary/aromatic N) is 3. The van der Waals surface area contributed by atoms with Gasteiger partial charge in [-0.25, -0.2) is 0 Å². The second kappa shape index (κ2) is 10.8. The number of nitrogens with two attached hydrogens (primary N) is 1.